The summed E-state index contributed by atoms with van der Waals surface area (Å²) in [6.07, 6.45) is 3.08. The lowest BCUT2D eigenvalue weighted by Crippen LogP contribution is -2.49. The highest BCUT2D eigenvalue weighted by Crippen LogP contribution is 2.26. The van der Waals surface area contributed by atoms with Crippen LogP contribution in [0.4, 0.5) is 5.69 Å². The van der Waals surface area contributed by atoms with Gasteiger partial charge in [0, 0.05) is 26.0 Å². The highest BCUT2D eigenvalue weighted by Gasteiger charge is 2.26. The lowest BCUT2D eigenvalue weighted by Gasteiger charge is -2.34. The van der Waals surface area contributed by atoms with Crippen molar-refractivity contribution in [1.29, 1.82) is 0 Å². The molecule has 1 aromatic rings. The Hall–Kier alpha value is -1.14. The SMILES string of the molecule is CNC(=O)C1CN(c2ccncc2Br)CCO1. The number of anilines is 1. The van der Waals surface area contributed by atoms with Crippen molar-refractivity contribution < 1.29 is 9.53 Å². The number of carbonyl (C=O) groups excluding carboxylic acids is 1. The summed E-state index contributed by atoms with van der Waals surface area (Å²) in [5, 5.41) is 2.61. The van der Waals surface area contributed by atoms with E-state index >= 15 is 0 Å². The van der Waals surface area contributed by atoms with E-state index in [1.54, 1.807) is 19.4 Å². The summed E-state index contributed by atoms with van der Waals surface area (Å²) in [5.41, 5.74) is 1.04. The van der Waals surface area contributed by atoms with E-state index in [2.05, 4.69) is 31.1 Å². The van der Waals surface area contributed by atoms with Gasteiger partial charge in [-0.2, -0.15) is 0 Å². The maximum atomic E-state index is 11.5. The minimum atomic E-state index is -0.409. The Bertz CT molecular complexity index is 413. The van der Waals surface area contributed by atoms with Crippen LogP contribution >= 0.6 is 15.9 Å². The third kappa shape index (κ3) is 2.76. The molecule has 0 bridgehead atoms. The van der Waals surface area contributed by atoms with Crippen LogP contribution < -0.4 is 10.2 Å². The fourth-order valence-electron chi connectivity index (χ4n) is 1.81. The highest BCUT2D eigenvalue weighted by molar-refractivity contribution is 9.10. The molecule has 0 spiro atoms. The number of ether oxygens (including phenoxy) is 1. The Balaban J connectivity index is 2.12. The molecule has 1 N–H and O–H groups in total. The van der Waals surface area contributed by atoms with E-state index in [1.807, 2.05) is 6.07 Å². The average Bonchev–Trinajstić information content (AvgIpc) is 2.38. The molecule has 92 valence electrons. The molecule has 5 nitrogen and oxygen atoms in total. The number of amides is 1. The average molecular weight is 300 g/mol. The van der Waals surface area contributed by atoms with Crippen molar-refractivity contribution in [3.8, 4) is 0 Å². The molecule has 1 amide bonds. The fraction of sp³-hybridized carbons (Fsp3) is 0.455. The number of nitrogens with zero attached hydrogens (tertiary/aromatic N) is 2. The van der Waals surface area contributed by atoms with Crippen LogP contribution in [0, 0.1) is 0 Å². The molecular weight excluding hydrogens is 286 g/mol. The molecule has 17 heavy (non-hydrogen) atoms. The third-order valence-corrected chi connectivity index (χ3v) is 3.31. The number of aromatic nitrogens is 1. The van der Waals surface area contributed by atoms with E-state index in [1.165, 1.54) is 0 Å². The molecule has 6 heteroatoms. The van der Waals surface area contributed by atoms with Gasteiger partial charge in [0.05, 0.1) is 23.3 Å². The zero-order valence-corrected chi connectivity index (χ0v) is 11.1. The molecule has 0 aromatic carbocycles. The van der Waals surface area contributed by atoms with Gasteiger partial charge in [0.15, 0.2) is 6.10 Å². The van der Waals surface area contributed by atoms with E-state index in [-0.39, 0.29) is 5.91 Å². The Morgan fingerprint density at radius 2 is 2.53 bits per heavy atom. The summed E-state index contributed by atoms with van der Waals surface area (Å²) in [6, 6.07) is 1.93. The van der Waals surface area contributed by atoms with Gasteiger partial charge >= 0.3 is 0 Å². The van der Waals surface area contributed by atoms with E-state index in [0.717, 1.165) is 16.7 Å². The smallest absolute Gasteiger partial charge is 0.250 e. The van der Waals surface area contributed by atoms with Crippen LogP contribution in [0.1, 0.15) is 0 Å². The molecule has 1 aliphatic rings. The van der Waals surface area contributed by atoms with Gasteiger partial charge in [-0.25, -0.2) is 0 Å². The quantitative estimate of drug-likeness (QED) is 0.877. The van der Waals surface area contributed by atoms with E-state index in [9.17, 15) is 4.79 Å². The van der Waals surface area contributed by atoms with Gasteiger partial charge in [-0.1, -0.05) is 0 Å². The van der Waals surface area contributed by atoms with Gasteiger partial charge in [-0.15, -0.1) is 0 Å². The molecule has 0 saturated carbocycles. The van der Waals surface area contributed by atoms with Crippen LogP contribution in [0.3, 0.4) is 0 Å². The number of hydrogen-bond donors (Lipinski definition) is 1. The molecule has 1 saturated heterocycles. The second-order valence-electron chi connectivity index (χ2n) is 3.75. The van der Waals surface area contributed by atoms with Crippen molar-refractivity contribution in [3.05, 3.63) is 22.9 Å². The van der Waals surface area contributed by atoms with Crippen LogP contribution in [0.5, 0.6) is 0 Å². The summed E-state index contributed by atoms with van der Waals surface area (Å²) in [6.45, 7) is 1.88. The van der Waals surface area contributed by atoms with Gasteiger partial charge < -0.3 is 15.0 Å². The van der Waals surface area contributed by atoms with Crippen LogP contribution in [-0.4, -0.2) is 43.7 Å². The predicted octanol–water partition coefficient (Wildman–Crippen LogP) is 0.795. The molecule has 0 aliphatic carbocycles. The number of likely N-dealkylation sites (N-methyl/N-ethyl adjacent to an activating group) is 1. The lowest BCUT2D eigenvalue weighted by atomic mass is 10.2. The zero-order chi connectivity index (χ0) is 12.3. The number of rotatable bonds is 2. The Morgan fingerprint density at radius 1 is 1.71 bits per heavy atom. The van der Waals surface area contributed by atoms with Gasteiger partial charge in [0.2, 0.25) is 0 Å². The highest BCUT2D eigenvalue weighted by atomic mass is 79.9. The van der Waals surface area contributed by atoms with Gasteiger partial charge in [-0.05, 0) is 22.0 Å². The number of morpholine rings is 1. The van der Waals surface area contributed by atoms with Gasteiger partial charge in [-0.3, -0.25) is 9.78 Å². The van der Waals surface area contributed by atoms with Crippen molar-refractivity contribution in [3.63, 3.8) is 0 Å². The van der Waals surface area contributed by atoms with Crippen molar-refractivity contribution in [2.75, 3.05) is 31.6 Å². The predicted molar refractivity (Wildman–Crippen MR) is 68.0 cm³/mol. The summed E-state index contributed by atoms with van der Waals surface area (Å²) in [5.74, 6) is -0.0834. The lowest BCUT2D eigenvalue weighted by molar-refractivity contribution is -0.132. The second-order valence-corrected chi connectivity index (χ2v) is 4.60. The topological polar surface area (TPSA) is 54.5 Å². The largest absolute Gasteiger partial charge is 0.365 e. The zero-order valence-electron chi connectivity index (χ0n) is 9.52. The van der Waals surface area contributed by atoms with Crippen LogP contribution in [0.2, 0.25) is 0 Å². The molecule has 1 fully saturated rings. The minimum Gasteiger partial charge on any atom is -0.365 e. The van der Waals surface area contributed by atoms with Crippen LogP contribution in [0.15, 0.2) is 22.9 Å². The minimum absolute atomic E-state index is 0.0834. The molecular formula is C11H14BrN3O2. The first-order chi connectivity index (χ1) is 8.22. The third-order valence-electron chi connectivity index (χ3n) is 2.70. The fourth-order valence-corrected chi connectivity index (χ4v) is 2.31. The Kier molecular flexibility index (Phi) is 3.96. The maximum absolute atomic E-state index is 11.5. The van der Waals surface area contributed by atoms with Gasteiger partial charge in [0.25, 0.3) is 5.91 Å². The molecule has 0 radical (unpaired) electrons. The number of carbonyl (C=O) groups is 1. The first-order valence-electron chi connectivity index (χ1n) is 5.40. The molecule has 1 unspecified atom stereocenters. The van der Waals surface area contributed by atoms with Crippen LogP contribution in [-0.2, 0) is 9.53 Å². The Labute approximate surface area is 108 Å². The van der Waals surface area contributed by atoms with E-state index in [4.69, 9.17) is 4.74 Å². The van der Waals surface area contributed by atoms with Crippen molar-refractivity contribution in [1.82, 2.24) is 10.3 Å². The maximum Gasteiger partial charge on any atom is 0.250 e. The number of pyridine rings is 1. The normalized spacial score (nSPS) is 20.1. The van der Waals surface area contributed by atoms with Crippen molar-refractivity contribution >= 4 is 27.5 Å². The number of hydrogen-bond acceptors (Lipinski definition) is 4. The number of halogens is 1. The summed E-state index contributed by atoms with van der Waals surface area (Å²) in [4.78, 5) is 17.7. The molecule has 2 rings (SSSR count). The monoisotopic (exact) mass is 299 g/mol. The first-order valence-corrected chi connectivity index (χ1v) is 6.19. The summed E-state index contributed by atoms with van der Waals surface area (Å²) in [7, 11) is 1.62. The van der Waals surface area contributed by atoms with Gasteiger partial charge in [0.1, 0.15) is 0 Å². The summed E-state index contributed by atoms with van der Waals surface area (Å²) < 4.78 is 6.37. The van der Waals surface area contributed by atoms with E-state index < -0.39 is 6.10 Å². The Morgan fingerprint density at radius 3 is 3.24 bits per heavy atom. The second kappa shape index (κ2) is 5.46. The molecule has 1 aliphatic heterocycles. The first kappa shape index (κ1) is 12.3. The van der Waals surface area contributed by atoms with Crippen LogP contribution in [0.25, 0.3) is 0 Å². The van der Waals surface area contributed by atoms with Crippen molar-refractivity contribution in [2.45, 2.75) is 6.10 Å². The van der Waals surface area contributed by atoms with E-state index in [0.29, 0.717) is 13.2 Å². The molecule has 1 aromatic heterocycles. The van der Waals surface area contributed by atoms with Crippen molar-refractivity contribution in [2.24, 2.45) is 0 Å². The molecule has 2 heterocycles. The molecule has 1 atom stereocenters. The summed E-state index contributed by atoms with van der Waals surface area (Å²) >= 11 is 3.46. The standard InChI is InChI=1S/C11H14BrN3O2/c1-13-11(16)10-7-15(4-5-17-10)9-2-3-14-6-8(9)12/h2-3,6,10H,4-5,7H2,1H3,(H,13,16). The number of nitrogens with one attached hydrogen (secondary N) is 1.